The molecule has 0 radical (unpaired) electrons. The van der Waals surface area contributed by atoms with Crippen molar-refractivity contribution in [1.29, 1.82) is 0 Å². The molecule has 0 spiro atoms. The van der Waals surface area contributed by atoms with Crippen LogP contribution in [-0.2, 0) is 6.54 Å². The quantitative estimate of drug-likeness (QED) is 0.775. The highest BCUT2D eigenvalue weighted by atomic mass is 79.9. The fraction of sp³-hybridized carbons (Fsp3) is 0.133. The van der Waals surface area contributed by atoms with Gasteiger partial charge in [0.15, 0.2) is 0 Å². The second kappa shape index (κ2) is 6.41. The van der Waals surface area contributed by atoms with Crippen molar-refractivity contribution < 1.29 is 9.90 Å². The van der Waals surface area contributed by atoms with Gasteiger partial charge in [0.25, 0.3) is 0 Å². The highest BCUT2D eigenvalue weighted by molar-refractivity contribution is 9.11. The van der Waals surface area contributed by atoms with Crippen molar-refractivity contribution >= 4 is 43.5 Å². The van der Waals surface area contributed by atoms with E-state index in [4.69, 9.17) is 5.11 Å². The Balaban J connectivity index is 2.11. The number of hydrogen-bond donors (Lipinski definition) is 2. The van der Waals surface area contributed by atoms with E-state index in [0.717, 1.165) is 20.2 Å². The molecule has 2 aromatic carbocycles. The molecule has 0 fully saturated rings. The van der Waals surface area contributed by atoms with Crippen molar-refractivity contribution in [2.75, 3.05) is 5.32 Å². The molecule has 104 valence electrons. The van der Waals surface area contributed by atoms with Gasteiger partial charge < -0.3 is 10.4 Å². The first-order chi connectivity index (χ1) is 9.47. The molecule has 0 aliphatic rings. The lowest BCUT2D eigenvalue weighted by Crippen LogP contribution is -2.02. The Labute approximate surface area is 134 Å². The first kappa shape index (κ1) is 15.1. The van der Waals surface area contributed by atoms with Crippen LogP contribution in [0.3, 0.4) is 0 Å². The van der Waals surface area contributed by atoms with Crippen molar-refractivity contribution in [1.82, 2.24) is 0 Å². The second-order valence-corrected chi connectivity index (χ2v) is 6.17. The number of rotatable bonds is 4. The number of carboxylic acids is 1. The molecule has 0 atom stereocenters. The maximum Gasteiger partial charge on any atom is 0.335 e. The summed E-state index contributed by atoms with van der Waals surface area (Å²) in [7, 11) is 0. The Bertz CT molecular complexity index is 616. The number of nitrogens with one attached hydrogen (secondary N) is 1. The van der Waals surface area contributed by atoms with Gasteiger partial charge in [-0.15, -0.1) is 0 Å². The number of anilines is 1. The van der Waals surface area contributed by atoms with Crippen LogP contribution in [0.15, 0.2) is 45.3 Å². The predicted molar refractivity (Wildman–Crippen MR) is 87.3 cm³/mol. The third kappa shape index (κ3) is 3.61. The van der Waals surface area contributed by atoms with Gasteiger partial charge >= 0.3 is 5.97 Å². The van der Waals surface area contributed by atoms with Crippen LogP contribution >= 0.6 is 31.9 Å². The lowest BCUT2D eigenvalue weighted by molar-refractivity contribution is 0.0697. The van der Waals surface area contributed by atoms with Crippen molar-refractivity contribution in [3.8, 4) is 0 Å². The van der Waals surface area contributed by atoms with Crippen LogP contribution in [0.4, 0.5) is 5.69 Å². The van der Waals surface area contributed by atoms with E-state index in [1.54, 1.807) is 12.1 Å². The standard InChI is InChI=1S/C15H13Br2NO2/c1-9-6-12(16)14(13(17)7-9)18-8-10-2-4-11(5-3-10)15(19)20/h2-7,18H,8H2,1H3,(H,19,20). The fourth-order valence-corrected chi connectivity index (χ4v) is 3.52. The van der Waals surface area contributed by atoms with Gasteiger partial charge in [0.1, 0.15) is 0 Å². The Morgan fingerprint density at radius 3 is 2.20 bits per heavy atom. The molecular formula is C15H13Br2NO2. The van der Waals surface area contributed by atoms with Crippen LogP contribution in [0.2, 0.25) is 0 Å². The van der Waals surface area contributed by atoms with Gasteiger partial charge in [0.05, 0.1) is 11.3 Å². The van der Waals surface area contributed by atoms with Crippen molar-refractivity contribution in [3.05, 3.63) is 62.0 Å². The number of halogens is 2. The van der Waals surface area contributed by atoms with Crippen molar-refractivity contribution in [2.45, 2.75) is 13.5 Å². The monoisotopic (exact) mass is 397 g/mol. The molecule has 2 aromatic rings. The molecule has 0 unspecified atom stereocenters. The van der Waals surface area contributed by atoms with Crippen LogP contribution in [-0.4, -0.2) is 11.1 Å². The molecular weight excluding hydrogens is 386 g/mol. The molecule has 0 aromatic heterocycles. The Kier molecular flexibility index (Phi) is 4.83. The Hall–Kier alpha value is -1.33. The molecule has 5 heteroatoms. The fourth-order valence-electron chi connectivity index (χ4n) is 1.82. The zero-order chi connectivity index (χ0) is 14.7. The minimum absolute atomic E-state index is 0.298. The number of benzene rings is 2. The first-order valence-electron chi connectivity index (χ1n) is 5.99. The van der Waals surface area contributed by atoms with Gasteiger partial charge in [0, 0.05) is 15.5 Å². The van der Waals surface area contributed by atoms with Gasteiger partial charge in [0.2, 0.25) is 0 Å². The van der Waals surface area contributed by atoms with Crippen LogP contribution in [0, 0.1) is 6.92 Å². The van der Waals surface area contributed by atoms with E-state index in [-0.39, 0.29) is 0 Å². The summed E-state index contributed by atoms with van der Waals surface area (Å²) in [6, 6.07) is 10.9. The normalized spacial score (nSPS) is 10.3. The molecule has 3 nitrogen and oxygen atoms in total. The van der Waals surface area contributed by atoms with Crippen LogP contribution in [0.25, 0.3) is 0 Å². The van der Waals surface area contributed by atoms with Crippen LogP contribution in [0.5, 0.6) is 0 Å². The summed E-state index contributed by atoms with van der Waals surface area (Å²) in [4.78, 5) is 10.8. The number of hydrogen-bond acceptors (Lipinski definition) is 2. The Morgan fingerprint density at radius 2 is 1.70 bits per heavy atom. The van der Waals surface area contributed by atoms with E-state index in [1.807, 2.05) is 31.2 Å². The molecule has 0 saturated heterocycles. The topological polar surface area (TPSA) is 49.3 Å². The second-order valence-electron chi connectivity index (χ2n) is 4.46. The number of aromatic carboxylic acids is 1. The highest BCUT2D eigenvalue weighted by Crippen LogP contribution is 2.32. The molecule has 0 bridgehead atoms. The van der Waals surface area contributed by atoms with E-state index < -0.39 is 5.97 Å². The number of carbonyl (C=O) groups is 1. The maximum absolute atomic E-state index is 10.8. The highest BCUT2D eigenvalue weighted by Gasteiger charge is 2.06. The number of aryl methyl sites for hydroxylation is 1. The summed E-state index contributed by atoms with van der Waals surface area (Å²) in [6.45, 7) is 2.66. The molecule has 0 heterocycles. The third-order valence-electron chi connectivity index (χ3n) is 2.86. The first-order valence-corrected chi connectivity index (χ1v) is 7.57. The molecule has 2 rings (SSSR count). The third-order valence-corrected chi connectivity index (χ3v) is 4.11. The SMILES string of the molecule is Cc1cc(Br)c(NCc2ccc(C(=O)O)cc2)c(Br)c1. The molecule has 0 saturated carbocycles. The smallest absolute Gasteiger partial charge is 0.335 e. The molecule has 0 amide bonds. The zero-order valence-corrected chi connectivity index (χ0v) is 14.0. The Morgan fingerprint density at radius 1 is 1.15 bits per heavy atom. The molecule has 20 heavy (non-hydrogen) atoms. The largest absolute Gasteiger partial charge is 0.478 e. The summed E-state index contributed by atoms with van der Waals surface area (Å²) in [5.74, 6) is -0.909. The average molecular weight is 399 g/mol. The van der Waals surface area contributed by atoms with Gasteiger partial charge in [-0.2, -0.15) is 0 Å². The predicted octanol–water partition coefficient (Wildman–Crippen LogP) is 4.83. The average Bonchev–Trinajstić information content (AvgIpc) is 2.38. The number of carboxylic acid groups (broad SMARTS) is 1. The van der Waals surface area contributed by atoms with Crippen LogP contribution in [0.1, 0.15) is 21.5 Å². The minimum Gasteiger partial charge on any atom is -0.478 e. The zero-order valence-electron chi connectivity index (χ0n) is 10.8. The van der Waals surface area contributed by atoms with E-state index in [9.17, 15) is 4.79 Å². The van der Waals surface area contributed by atoms with E-state index in [2.05, 4.69) is 37.2 Å². The van der Waals surface area contributed by atoms with Gasteiger partial charge in [-0.05, 0) is 74.2 Å². The van der Waals surface area contributed by atoms with E-state index >= 15 is 0 Å². The molecule has 2 N–H and O–H groups in total. The minimum atomic E-state index is -0.909. The summed E-state index contributed by atoms with van der Waals surface area (Å²) in [6.07, 6.45) is 0. The van der Waals surface area contributed by atoms with E-state index in [1.165, 1.54) is 5.56 Å². The molecule has 0 aliphatic carbocycles. The van der Waals surface area contributed by atoms with Crippen LogP contribution < -0.4 is 5.32 Å². The summed E-state index contributed by atoms with van der Waals surface area (Å²) < 4.78 is 1.98. The van der Waals surface area contributed by atoms with Crippen molar-refractivity contribution in [3.63, 3.8) is 0 Å². The van der Waals surface area contributed by atoms with Crippen molar-refractivity contribution in [2.24, 2.45) is 0 Å². The maximum atomic E-state index is 10.8. The van der Waals surface area contributed by atoms with Gasteiger partial charge in [-0.25, -0.2) is 4.79 Å². The lowest BCUT2D eigenvalue weighted by atomic mass is 10.1. The summed E-state index contributed by atoms with van der Waals surface area (Å²) in [5.41, 5.74) is 3.47. The molecule has 0 aliphatic heterocycles. The lowest BCUT2D eigenvalue weighted by Gasteiger charge is -2.12. The van der Waals surface area contributed by atoms with Gasteiger partial charge in [-0.1, -0.05) is 12.1 Å². The van der Waals surface area contributed by atoms with E-state index in [0.29, 0.717) is 12.1 Å². The van der Waals surface area contributed by atoms with Gasteiger partial charge in [-0.3, -0.25) is 0 Å². The summed E-state index contributed by atoms with van der Waals surface area (Å²) in [5, 5.41) is 12.2. The summed E-state index contributed by atoms with van der Waals surface area (Å²) >= 11 is 7.06.